The van der Waals surface area contributed by atoms with E-state index in [2.05, 4.69) is 13.5 Å². The number of alkyl halides is 6. The van der Waals surface area contributed by atoms with Crippen LogP contribution in [0.1, 0.15) is 103 Å². The molecule has 1 aromatic rings. The number of rotatable bonds is 14. The van der Waals surface area contributed by atoms with Crippen molar-refractivity contribution in [2.75, 3.05) is 6.61 Å². The highest BCUT2D eigenvalue weighted by molar-refractivity contribution is 5.79. The second kappa shape index (κ2) is 17.5. The van der Waals surface area contributed by atoms with Gasteiger partial charge in [0.1, 0.15) is 0 Å². The van der Waals surface area contributed by atoms with Gasteiger partial charge in [-0.1, -0.05) is 93.0 Å². The minimum Gasteiger partial charge on any atom is -0.398 e. The Morgan fingerprint density at radius 1 is 1.07 bits per heavy atom. The normalized spacial score (nSPS) is 17.3. The summed E-state index contributed by atoms with van der Waals surface area (Å²) < 4.78 is 78.7. The monoisotopic (exact) mass is 613 g/mol. The molecule has 0 heterocycles. The molecule has 242 valence electrons. The van der Waals surface area contributed by atoms with E-state index in [9.17, 15) is 26.3 Å². The molecule has 43 heavy (non-hydrogen) atoms. The molecule has 1 aromatic carbocycles. The van der Waals surface area contributed by atoms with Crippen molar-refractivity contribution in [3.8, 4) is 0 Å². The molecule has 0 spiro atoms. The van der Waals surface area contributed by atoms with E-state index in [0.29, 0.717) is 17.7 Å². The SMILES string of the molecule is C=C(C)CC(c1ccc(C(=C/C=C\C)/C(N)=C/CCC)cc1)C(F)(F)F.CC/C=C(/CC1(C(F)(F)F)CC1)C(C)CCO. The molecule has 8 heteroatoms. The van der Waals surface area contributed by atoms with E-state index in [-0.39, 0.29) is 43.8 Å². The number of halogens is 6. The number of hydrogen-bond acceptors (Lipinski definition) is 2. The van der Waals surface area contributed by atoms with E-state index in [1.54, 1.807) is 19.1 Å². The summed E-state index contributed by atoms with van der Waals surface area (Å²) in [6, 6.07) is 6.48. The van der Waals surface area contributed by atoms with Crippen LogP contribution in [0.15, 0.2) is 78.1 Å². The average molecular weight is 614 g/mol. The molecule has 0 aliphatic heterocycles. The van der Waals surface area contributed by atoms with E-state index in [0.717, 1.165) is 36.0 Å². The second-order valence-electron chi connectivity index (χ2n) is 11.5. The van der Waals surface area contributed by atoms with Crippen molar-refractivity contribution in [2.24, 2.45) is 17.1 Å². The largest absolute Gasteiger partial charge is 0.398 e. The van der Waals surface area contributed by atoms with Gasteiger partial charge in [-0.15, -0.1) is 6.58 Å². The smallest absolute Gasteiger partial charge is 0.396 e. The summed E-state index contributed by atoms with van der Waals surface area (Å²) in [4.78, 5) is 0. The van der Waals surface area contributed by atoms with Gasteiger partial charge in [0, 0.05) is 17.9 Å². The van der Waals surface area contributed by atoms with Crippen molar-refractivity contribution in [3.63, 3.8) is 0 Å². The van der Waals surface area contributed by atoms with E-state index >= 15 is 0 Å². The van der Waals surface area contributed by atoms with Crippen LogP contribution >= 0.6 is 0 Å². The van der Waals surface area contributed by atoms with Crippen molar-refractivity contribution < 1.29 is 31.4 Å². The van der Waals surface area contributed by atoms with Crippen molar-refractivity contribution in [1.29, 1.82) is 0 Å². The van der Waals surface area contributed by atoms with E-state index < -0.39 is 23.7 Å². The van der Waals surface area contributed by atoms with Crippen LogP contribution in [-0.4, -0.2) is 24.1 Å². The Morgan fingerprint density at radius 3 is 2.09 bits per heavy atom. The summed E-state index contributed by atoms with van der Waals surface area (Å²) in [7, 11) is 0. The first kappa shape index (κ1) is 38.3. The maximum absolute atomic E-state index is 13.4. The molecule has 1 saturated carbocycles. The first-order chi connectivity index (χ1) is 20.1. The highest BCUT2D eigenvalue weighted by Crippen LogP contribution is 2.61. The molecule has 0 bridgehead atoms. The Balaban J connectivity index is 0.000000469. The third-order valence-electron chi connectivity index (χ3n) is 7.65. The van der Waals surface area contributed by atoms with Crippen LogP contribution in [0.5, 0.6) is 0 Å². The Hall–Kier alpha value is -2.74. The minimum atomic E-state index is -4.30. The molecule has 2 unspecified atom stereocenters. The summed E-state index contributed by atoms with van der Waals surface area (Å²) in [6.45, 7) is 13.1. The van der Waals surface area contributed by atoms with Gasteiger partial charge in [0.2, 0.25) is 0 Å². The summed E-state index contributed by atoms with van der Waals surface area (Å²) in [5.74, 6) is -1.50. The number of benzene rings is 1. The Morgan fingerprint density at radius 2 is 1.67 bits per heavy atom. The Kier molecular flexibility index (Phi) is 15.6. The van der Waals surface area contributed by atoms with Gasteiger partial charge in [0.15, 0.2) is 0 Å². The van der Waals surface area contributed by atoms with Gasteiger partial charge in [-0.2, -0.15) is 26.3 Å². The molecule has 0 aromatic heterocycles. The molecule has 0 saturated heterocycles. The van der Waals surface area contributed by atoms with Gasteiger partial charge >= 0.3 is 12.4 Å². The zero-order chi connectivity index (χ0) is 32.8. The van der Waals surface area contributed by atoms with Crippen molar-refractivity contribution in [1.82, 2.24) is 0 Å². The third kappa shape index (κ3) is 12.4. The molecular formula is C35H49F6NO. The molecule has 3 N–H and O–H groups in total. The molecule has 0 radical (unpaired) electrons. The quantitative estimate of drug-likeness (QED) is 0.125. The maximum atomic E-state index is 13.4. The van der Waals surface area contributed by atoms with Crippen LogP contribution in [0.2, 0.25) is 0 Å². The number of allylic oxidation sites excluding steroid dienone is 8. The number of aliphatic hydroxyl groups excluding tert-OH is 1. The highest BCUT2D eigenvalue weighted by Gasteiger charge is 2.62. The van der Waals surface area contributed by atoms with Gasteiger partial charge < -0.3 is 10.8 Å². The zero-order valence-corrected chi connectivity index (χ0v) is 26.2. The molecule has 1 aliphatic carbocycles. The lowest BCUT2D eigenvalue weighted by Gasteiger charge is -2.24. The molecular weight excluding hydrogens is 564 g/mol. The lowest BCUT2D eigenvalue weighted by Crippen LogP contribution is -2.26. The predicted octanol–water partition coefficient (Wildman–Crippen LogP) is 11.0. The fraction of sp³-hybridized carbons (Fsp3) is 0.543. The topological polar surface area (TPSA) is 46.2 Å². The lowest BCUT2D eigenvalue weighted by molar-refractivity contribution is -0.186. The maximum Gasteiger partial charge on any atom is 0.396 e. The predicted molar refractivity (Wildman–Crippen MR) is 166 cm³/mol. The van der Waals surface area contributed by atoms with Crippen molar-refractivity contribution in [3.05, 3.63) is 89.2 Å². The molecule has 0 amide bonds. The Labute approximate surface area is 254 Å². The number of hydrogen-bond donors (Lipinski definition) is 2. The minimum absolute atomic E-state index is 0.0290. The summed E-state index contributed by atoms with van der Waals surface area (Å²) in [5.41, 5.74) is 8.57. The van der Waals surface area contributed by atoms with Crippen LogP contribution in [0.3, 0.4) is 0 Å². The highest BCUT2D eigenvalue weighted by atomic mass is 19.4. The lowest BCUT2D eigenvalue weighted by atomic mass is 9.86. The molecule has 1 aliphatic rings. The van der Waals surface area contributed by atoms with Crippen LogP contribution < -0.4 is 5.73 Å². The molecule has 2 rings (SSSR count). The number of aliphatic hydroxyl groups is 1. The average Bonchev–Trinajstić information content (AvgIpc) is 3.72. The summed E-state index contributed by atoms with van der Waals surface area (Å²) in [5, 5.41) is 8.88. The first-order valence-corrected chi connectivity index (χ1v) is 15.0. The van der Waals surface area contributed by atoms with Gasteiger partial charge in [-0.25, -0.2) is 0 Å². The third-order valence-corrected chi connectivity index (χ3v) is 7.65. The van der Waals surface area contributed by atoms with Gasteiger partial charge in [0.25, 0.3) is 0 Å². The van der Waals surface area contributed by atoms with Gasteiger partial charge in [-0.3, -0.25) is 0 Å². The van der Waals surface area contributed by atoms with E-state index in [1.807, 2.05) is 51.2 Å². The van der Waals surface area contributed by atoms with Crippen LogP contribution in [0.4, 0.5) is 26.3 Å². The number of unbranched alkanes of at least 4 members (excludes halogenated alkanes) is 1. The van der Waals surface area contributed by atoms with Gasteiger partial charge in [0.05, 0.1) is 11.3 Å². The summed E-state index contributed by atoms with van der Waals surface area (Å²) >= 11 is 0. The second-order valence-corrected chi connectivity index (χ2v) is 11.5. The fourth-order valence-corrected chi connectivity index (χ4v) is 4.82. The zero-order valence-electron chi connectivity index (χ0n) is 26.2. The number of nitrogens with two attached hydrogens (primary N) is 1. The first-order valence-electron chi connectivity index (χ1n) is 15.0. The van der Waals surface area contributed by atoms with Crippen LogP contribution in [0, 0.1) is 11.3 Å². The van der Waals surface area contributed by atoms with Crippen molar-refractivity contribution >= 4 is 5.57 Å². The fourth-order valence-electron chi connectivity index (χ4n) is 4.82. The van der Waals surface area contributed by atoms with Crippen LogP contribution in [0.25, 0.3) is 5.57 Å². The van der Waals surface area contributed by atoms with E-state index in [1.165, 1.54) is 12.1 Å². The molecule has 2 nitrogen and oxygen atoms in total. The molecule has 1 fully saturated rings. The summed E-state index contributed by atoms with van der Waals surface area (Å²) in [6.07, 6.45) is 4.73. The standard InChI is InChI=1S/C22H28F3N.C13H21F3O/c1-5-7-9-19(21(26)10-8-6-2)17-11-13-18(14-12-17)20(15-16(3)4)22(23,24)25;1-3-4-11(10(2)5-8-17)9-12(6-7-12)13(14,15)16/h5,7,9-14,20H,3,6,8,15,26H2,1-2,4H3;4,10,17H,3,5-9H2,1-2H3/b7-5-,19-9-,21-10-;11-4-. The van der Waals surface area contributed by atoms with E-state index in [4.69, 9.17) is 10.8 Å². The van der Waals surface area contributed by atoms with Crippen LogP contribution in [-0.2, 0) is 0 Å². The van der Waals surface area contributed by atoms with Gasteiger partial charge in [-0.05, 0) is 75.8 Å². The van der Waals surface area contributed by atoms with Crippen molar-refractivity contribution in [2.45, 2.75) is 104 Å². The Bertz CT molecular complexity index is 1120. The molecule has 2 atom stereocenters.